The molecule has 0 aromatic heterocycles. The summed E-state index contributed by atoms with van der Waals surface area (Å²) in [6.07, 6.45) is 0. The highest BCUT2D eigenvalue weighted by atomic mass is 79.9. The van der Waals surface area contributed by atoms with Crippen LogP contribution in [-0.2, 0) is 9.53 Å². The van der Waals surface area contributed by atoms with E-state index in [1.165, 1.54) is 25.8 Å². The molecule has 3 N–H and O–H groups in total. The quantitative estimate of drug-likeness (QED) is 0.505. The van der Waals surface area contributed by atoms with Gasteiger partial charge in [-0.05, 0) is 25.1 Å². The Bertz CT molecular complexity index is 423. The average Bonchev–Trinajstić information content (AvgIpc) is 2.26. The van der Waals surface area contributed by atoms with Crippen molar-refractivity contribution in [3.63, 3.8) is 0 Å². The van der Waals surface area contributed by atoms with Crippen molar-refractivity contribution in [1.82, 2.24) is 0 Å². The zero-order valence-electron chi connectivity index (χ0n) is 9.57. The van der Waals surface area contributed by atoms with Crippen LogP contribution in [0, 0.1) is 0 Å². The normalized spacial score (nSPS) is 14.1. The molecule has 1 rings (SSSR count). The molecule has 0 amide bonds. The Morgan fingerprint density at radius 3 is 2.82 bits per heavy atom. The molecule has 1 aromatic rings. The number of hydrogen-bond acceptors (Lipinski definition) is 5. The summed E-state index contributed by atoms with van der Waals surface area (Å²) >= 11 is 4.62. The van der Waals surface area contributed by atoms with Crippen molar-refractivity contribution in [3.8, 4) is 0 Å². The molecular formula is C11H14BrNO3S. The molecule has 0 saturated carbocycles. The van der Waals surface area contributed by atoms with Gasteiger partial charge in [0.2, 0.25) is 0 Å². The van der Waals surface area contributed by atoms with Gasteiger partial charge in [0.25, 0.3) is 0 Å². The van der Waals surface area contributed by atoms with E-state index in [0.717, 1.165) is 9.37 Å². The fourth-order valence-corrected chi connectivity index (χ4v) is 2.47. The summed E-state index contributed by atoms with van der Waals surface area (Å²) in [5, 5.41) is 9.84. The first-order valence-electron chi connectivity index (χ1n) is 4.85. The summed E-state index contributed by atoms with van der Waals surface area (Å²) in [4.78, 5) is 12.1. The lowest BCUT2D eigenvalue weighted by Gasteiger charge is -2.19. The van der Waals surface area contributed by atoms with E-state index in [0.29, 0.717) is 5.69 Å². The minimum Gasteiger partial charge on any atom is -0.467 e. The van der Waals surface area contributed by atoms with E-state index in [-0.39, 0.29) is 5.75 Å². The molecule has 94 valence electrons. The largest absolute Gasteiger partial charge is 0.467 e. The summed E-state index contributed by atoms with van der Waals surface area (Å²) in [6.45, 7) is 1.42. The van der Waals surface area contributed by atoms with Crippen molar-refractivity contribution >= 4 is 39.3 Å². The summed E-state index contributed by atoms with van der Waals surface area (Å²) in [5.74, 6) is -0.466. The number of aliphatic hydroxyl groups is 1. The number of thioether (sulfide) groups is 1. The van der Waals surface area contributed by atoms with Gasteiger partial charge in [-0.3, -0.25) is 0 Å². The second-order valence-electron chi connectivity index (χ2n) is 3.74. The Morgan fingerprint density at radius 2 is 2.29 bits per heavy atom. The maximum absolute atomic E-state index is 11.3. The van der Waals surface area contributed by atoms with E-state index in [4.69, 9.17) is 5.73 Å². The molecule has 17 heavy (non-hydrogen) atoms. The van der Waals surface area contributed by atoms with Crippen LogP contribution in [0.25, 0.3) is 0 Å². The number of anilines is 1. The van der Waals surface area contributed by atoms with Gasteiger partial charge in [0.05, 0.1) is 7.11 Å². The SMILES string of the molecule is COC(=O)C(C)(O)CSc1ccc(Br)cc1N. The lowest BCUT2D eigenvalue weighted by molar-refractivity contribution is -0.158. The Morgan fingerprint density at radius 1 is 1.65 bits per heavy atom. The Balaban J connectivity index is 2.70. The molecule has 1 aromatic carbocycles. The number of nitrogens with two attached hydrogens (primary N) is 1. The maximum atomic E-state index is 11.3. The van der Waals surface area contributed by atoms with Crippen LogP contribution in [0.15, 0.2) is 27.6 Å². The number of halogens is 1. The molecule has 0 bridgehead atoms. The standard InChI is InChI=1S/C11H14BrNO3S/c1-11(15,10(14)16-2)6-17-9-4-3-7(12)5-8(9)13/h3-5,15H,6,13H2,1-2H3. The number of benzene rings is 1. The van der Waals surface area contributed by atoms with Crippen molar-refractivity contribution in [3.05, 3.63) is 22.7 Å². The van der Waals surface area contributed by atoms with Gasteiger partial charge >= 0.3 is 5.97 Å². The summed E-state index contributed by atoms with van der Waals surface area (Å²) in [5.41, 5.74) is 4.90. The number of esters is 1. The van der Waals surface area contributed by atoms with Gasteiger partial charge in [-0.2, -0.15) is 0 Å². The number of carbonyl (C=O) groups is 1. The highest BCUT2D eigenvalue weighted by molar-refractivity contribution is 9.10. The third-order valence-corrected chi connectivity index (χ3v) is 3.99. The molecule has 6 heteroatoms. The molecule has 4 nitrogen and oxygen atoms in total. The predicted octanol–water partition coefficient (Wildman–Crippen LogP) is 2.05. The third-order valence-electron chi connectivity index (χ3n) is 2.11. The van der Waals surface area contributed by atoms with Crippen LogP contribution in [-0.4, -0.2) is 29.5 Å². The Kier molecular flexibility index (Phi) is 4.85. The molecule has 0 saturated heterocycles. The van der Waals surface area contributed by atoms with Crippen LogP contribution in [0.4, 0.5) is 5.69 Å². The van der Waals surface area contributed by atoms with E-state index >= 15 is 0 Å². The fourth-order valence-electron chi connectivity index (χ4n) is 1.15. The molecule has 1 atom stereocenters. The van der Waals surface area contributed by atoms with E-state index in [9.17, 15) is 9.90 Å². The second-order valence-corrected chi connectivity index (χ2v) is 5.67. The van der Waals surface area contributed by atoms with Crippen molar-refractivity contribution in [2.75, 3.05) is 18.6 Å². The third kappa shape index (κ3) is 3.90. The molecule has 0 heterocycles. The molecule has 0 radical (unpaired) electrons. The minimum atomic E-state index is -1.51. The molecule has 0 fully saturated rings. The molecular weight excluding hydrogens is 306 g/mol. The number of nitrogen functional groups attached to an aromatic ring is 1. The monoisotopic (exact) mass is 319 g/mol. The molecule has 0 spiro atoms. The molecule has 0 aliphatic heterocycles. The van der Waals surface area contributed by atoms with E-state index in [2.05, 4.69) is 20.7 Å². The van der Waals surface area contributed by atoms with E-state index in [1.807, 2.05) is 12.1 Å². The minimum absolute atomic E-state index is 0.186. The second kappa shape index (κ2) is 5.75. The fraction of sp³-hybridized carbons (Fsp3) is 0.364. The first-order chi connectivity index (χ1) is 7.86. The van der Waals surface area contributed by atoms with Crippen LogP contribution in [0.3, 0.4) is 0 Å². The Labute approximate surface area is 113 Å². The number of rotatable bonds is 4. The van der Waals surface area contributed by atoms with E-state index < -0.39 is 11.6 Å². The summed E-state index contributed by atoms with van der Waals surface area (Å²) in [7, 11) is 1.25. The van der Waals surface area contributed by atoms with Gasteiger partial charge < -0.3 is 15.6 Å². The lowest BCUT2D eigenvalue weighted by atomic mass is 10.1. The van der Waals surface area contributed by atoms with Crippen molar-refractivity contribution < 1.29 is 14.6 Å². The first-order valence-corrected chi connectivity index (χ1v) is 6.63. The molecule has 0 aliphatic carbocycles. The average molecular weight is 320 g/mol. The topological polar surface area (TPSA) is 72.5 Å². The van der Waals surface area contributed by atoms with Gasteiger partial charge in [-0.25, -0.2) is 4.79 Å². The van der Waals surface area contributed by atoms with Crippen LogP contribution in [0.1, 0.15) is 6.92 Å². The zero-order chi connectivity index (χ0) is 13.1. The highest BCUT2D eigenvalue weighted by Crippen LogP contribution is 2.30. The number of methoxy groups -OCH3 is 1. The Hall–Kier alpha value is -0.720. The maximum Gasteiger partial charge on any atom is 0.338 e. The highest BCUT2D eigenvalue weighted by Gasteiger charge is 2.31. The number of carbonyl (C=O) groups excluding carboxylic acids is 1. The van der Waals surface area contributed by atoms with Crippen LogP contribution < -0.4 is 5.73 Å². The van der Waals surface area contributed by atoms with Gasteiger partial charge in [-0.1, -0.05) is 15.9 Å². The molecule has 1 unspecified atom stereocenters. The van der Waals surface area contributed by atoms with E-state index in [1.54, 1.807) is 6.07 Å². The van der Waals surface area contributed by atoms with Crippen molar-refractivity contribution in [2.45, 2.75) is 17.4 Å². The van der Waals surface area contributed by atoms with Crippen LogP contribution >= 0.6 is 27.7 Å². The van der Waals surface area contributed by atoms with Gasteiger partial charge in [0.15, 0.2) is 5.60 Å². The van der Waals surface area contributed by atoms with Crippen molar-refractivity contribution in [2.24, 2.45) is 0 Å². The van der Waals surface area contributed by atoms with Gasteiger partial charge in [0, 0.05) is 20.8 Å². The number of ether oxygens (including phenoxy) is 1. The van der Waals surface area contributed by atoms with Gasteiger partial charge in [-0.15, -0.1) is 11.8 Å². The summed E-state index contributed by atoms with van der Waals surface area (Å²) in [6, 6.07) is 5.46. The number of hydrogen-bond donors (Lipinski definition) is 2. The predicted molar refractivity (Wildman–Crippen MR) is 71.9 cm³/mol. The van der Waals surface area contributed by atoms with Crippen LogP contribution in [0.2, 0.25) is 0 Å². The van der Waals surface area contributed by atoms with Gasteiger partial charge in [0.1, 0.15) is 0 Å². The lowest BCUT2D eigenvalue weighted by Crippen LogP contribution is -2.38. The first kappa shape index (κ1) is 14.3. The molecule has 0 aliphatic rings. The summed E-state index contributed by atoms with van der Waals surface area (Å²) < 4.78 is 5.40. The zero-order valence-corrected chi connectivity index (χ0v) is 12.0. The van der Waals surface area contributed by atoms with Crippen LogP contribution in [0.5, 0.6) is 0 Å². The smallest absolute Gasteiger partial charge is 0.338 e. The van der Waals surface area contributed by atoms with Crippen molar-refractivity contribution in [1.29, 1.82) is 0 Å².